The molecule has 1 fully saturated rings. The summed E-state index contributed by atoms with van der Waals surface area (Å²) in [6, 6.07) is 0.525. The fraction of sp³-hybridized carbons (Fsp3) is 0.750. The van der Waals surface area contributed by atoms with E-state index in [0.717, 1.165) is 44.0 Å². The highest BCUT2D eigenvalue weighted by Crippen LogP contribution is 2.31. The molecule has 0 amide bonds. The van der Waals surface area contributed by atoms with Crippen LogP contribution in [0.3, 0.4) is 0 Å². The molecular weight excluding hydrogens is 292 g/mol. The van der Waals surface area contributed by atoms with Crippen LogP contribution >= 0.6 is 0 Å². The number of hydrogen-bond acceptors (Lipinski definition) is 6. The van der Waals surface area contributed by atoms with E-state index in [1.165, 1.54) is 0 Å². The first-order valence-corrected chi connectivity index (χ1v) is 8.56. The van der Waals surface area contributed by atoms with Gasteiger partial charge in [-0.1, -0.05) is 12.1 Å². The van der Waals surface area contributed by atoms with Crippen molar-refractivity contribution < 1.29 is 4.52 Å². The summed E-state index contributed by atoms with van der Waals surface area (Å²) >= 11 is 0. The van der Waals surface area contributed by atoms with Crippen molar-refractivity contribution in [3.8, 4) is 0 Å². The van der Waals surface area contributed by atoms with Gasteiger partial charge in [-0.15, -0.1) is 10.2 Å². The average Bonchev–Trinajstić information content (AvgIpc) is 3.23. The van der Waals surface area contributed by atoms with Gasteiger partial charge in [-0.3, -0.25) is 4.90 Å². The molecular formula is C16H26N6O. The van der Waals surface area contributed by atoms with Crippen molar-refractivity contribution in [1.29, 1.82) is 0 Å². The third-order valence-electron chi connectivity index (χ3n) is 4.68. The highest BCUT2D eigenvalue weighted by Gasteiger charge is 2.30. The summed E-state index contributed by atoms with van der Waals surface area (Å²) in [5.41, 5.74) is 0. The maximum atomic E-state index is 5.42. The van der Waals surface area contributed by atoms with Gasteiger partial charge in [0, 0.05) is 24.9 Å². The van der Waals surface area contributed by atoms with Gasteiger partial charge in [0.2, 0.25) is 5.89 Å². The molecule has 0 saturated carbocycles. The lowest BCUT2D eigenvalue weighted by Gasteiger charge is -2.35. The Bertz CT molecular complexity index is 634. The third kappa shape index (κ3) is 3.29. The molecule has 1 aliphatic heterocycles. The van der Waals surface area contributed by atoms with E-state index in [9.17, 15) is 0 Å². The van der Waals surface area contributed by atoms with E-state index >= 15 is 0 Å². The third-order valence-corrected chi connectivity index (χ3v) is 4.68. The van der Waals surface area contributed by atoms with E-state index in [0.29, 0.717) is 17.9 Å². The minimum Gasteiger partial charge on any atom is -0.338 e. The van der Waals surface area contributed by atoms with Crippen LogP contribution < -0.4 is 0 Å². The predicted octanol–water partition coefficient (Wildman–Crippen LogP) is 2.75. The van der Waals surface area contributed by atoms with Crippen molar-refractivity contribution in [3.63, 3.8) is 0 Å². The molecule has 2 aromatic heterocycles. The monoisotopic (exact) mass is 318 g/mol. The molecule has 0 N–H and O–H groups in total. The summed E-state index contributed by atoms with van der Waals surface area (Å²) in [5.74, 6) is 2.99. The van der Waals surface area contributed by atoms with Crippen LogP contribution in [-0.4, -0.2) is 42.9 Å². The van der Waals surface area contributed by atoms with Crippen molar-refractivity contribution in [2.24, 2.45) is 0 Å². The lowest BCUT2D eigenvalue weighted by Crippen LogP contribution is -2.37. The Morgan fingerprint density at radius 3 is 2.87 bits per heavy atom. The highest BCUT2D eigenvalue weighted by atomic mass is 16.5. The maximum Gasteiger partial charge on any atom is 0.243 e. The van der Waals surface area contributed by atoms with Crippen LogP contribution in [0.5, 0.6) is 0 Å². The van der Waals surface area contributed by atoms with Gasteiger partial charge in [0.1, 0.15) is 12.2 Å². The first-order valence-electron chi connectivity index (χ1n) is 8.56. The van der Waals surface area contributed by atoms with Gasteiger partial charge >= 0.3 is 0 Å². The zero-order chi connectivity index (χ0) is 16.4. The molecule has 3 rings (SSSR count). The smallest absolute Gasteiger partial charge is 0.243 e. The zero-order valence-corrected chi connectivity index (χ0v) is 14.4. The van der Waals surface area contributed by atoms with E-state index in [1.54, 1.807) is 0 Å². The van der Waals surface area contributed by atoms with Crippen molar-refractivity contribution in [3.05, 3.63) is 23.9 Å². The van der Waals surface area contributed by atoms with Crippen molar-refractivity contribution in [2.75, 3.05) is 13.1 Å². The summed E-state index contributed by atoms with van der Waals surface area (Å²) in [6.07, 6.45) is 4.94. The largest absolute Gasteiger partial charge is 0.338 e. The van der Waals surface area contributed by atoms with Crippen LogP contribution in [0.25, 0.3) is 0 Å². The van der Waals surface area contributed by atoms with Gasteiger partial charge in [0.15, 0.2) is 5.82 Å². The molecule has 0 aromatic carbocycles. The van der Waals surface area contributed by atoms with Crippen LogP contribution in [-0.2, 0) is 6.42 Å². The molecule has 7 heteroatoms. The number of piperidine rings is 1. The number of aryl methyl sites for hydroxylation is 1. The average molecular weight is 318 g/mol. The Hall–Kier alpha value is -1.76. The molecule has 0 radical (unpaired) electrons. The predicted molar refractivity (Wildman–Crippen MR) is 86.0 cm³/mol. The summed E-state index contributed by atoms with van der Waals surface area (Å²) in [4.78, 5) is 6.90. The quantitative estimate of drug-likeness (QED) is 0.844. The van der Waals surface area contributed by atoms with Crippen LogP contribution in [0.1, 0.15) is 76.1 Å². The van der Waals surface area contributed by atoms with Crippen molar-refractivity contribution in [2.45, 2.75) is 65.0 Å². The number of likely N-dealkylation sites (tertiary alicyclic amines) is 1. The normalized spacial score (nSPS) is 21.0. The number of aromatic nitrogens is 5. The Morgan fingerprint density at radius 1 is 1.35 bits per heavy atom. The van der Waals surface area contributed by atoms with E-state index in [1.807, 2.05) is 13.3 Å². The fourth-order valence-corrected chi connectivity index (χ4v) is 3.25. The molecule has 0 bridgehead atoms. The van der Waals surface area contributed by atoms with E-state index in [-0.39, 0.29) is 6.04 Å². The molecule has 126 valence electrons. The minimum absolute atomic E-state index is 0.140. The van der Waals surface area contributed by atoms with E-state index in [4.69, 9.17) is 4.52 Å². The molecule has 0 unspecified atom stereocenters. The number of nitrogens with zero attached hydrogens (tertiary/aromatic N) is 6. The zero-order valence-electron chi connectivity index (χ0n) is 14.4. The van der Waals surface area contributed by atoms with Crippen LogP contribution in [0.15, 0.2) is 10.9 Å². The second-order valence-electron chi connectivity index (χ2n) is 6.60. The summed E-state index contributed by atoms with van der Waals surface area (Å²) < 4.78 is 7.60. The lowest BCUT2D eigenvalue weighted by atomic mass is 9.95. The van der Waals surface area contributed by atoms with Crippen molar-refractivity contribution >= 4 is 0 Å². The summed E-state index contributed by atoms with van der Waals surface area (Å²) in [6.45, 7) is 10.5. The van der Waals surface area contributed by atoms with E-state index in [2.05, 4.69) is 50.6 Å². The first-order chi connectivity index (χ1) is 11.1. The SMILES string of the molecule is CCc1noc([C@@H](C)N2CCC[C@H](c3nncn3C(C)C)C2)n1. The maximum absolute atomic E-state index is 5.42. The minimum atomic E-state index is 0.140. The molecule has 1 aliphatic rings. The molecule has 2 atom stereocenters. The summed E-state index contributed by atoms with van der Waals surface area (Å²) in [7, 11) is 0. The van der Waals surface area contributed by atoms with Gasteiger partial charge < -0.3 is 9.09 Å². The van der Waals surface area contributed by atoms with Crippen LogP contribution in [0, 0.1) is 0 Å². The van der Waals surface area contributed by atoms with Crippen molar-refractivity contribution in [1.82, 2.24) is 29.8 Å². The molecule has 7 nitrogen and oxygen atoms in total. The molecule has 2 aromatic rings. The van der Waals surface area contributed by atoms with Gasteiger partial charge in [0.25, 0.3) is 0 Å². The van der Waals surface area contributed by atoms with E-state index < -0.39 is 0 Å². The molecule has 23 heavy (non-hydrogen) atoms. The van der Waals surface area contributed by atoms with Gasteiger partial charge in [-0.2, -0.15) is 4.98 Å². The Morgan fingerprint density at radius 2 is 2.17 bits per heavy atom. The molecule has 1 saturated heterocycles. The first kappa shape index (κ1) is 16.1. The Labute approximate surface area is 137 Å². The highest BCUT2D eigenvalue weighted by molar-refractivity contribution is 5.03. The second kappa shape index (κ2) is 6.78. The Kier molecular flexibility index (Phi) is 4.75. The van der Waals surface area contributed by atoms with Gasteiger partial charge in [-0.05, 0) is 40.2 Å². The molecule has 3 heterocycles. The lowest BCUT2D eigenvalue weighted by molar-refractivity contribution is 0.129. The van der Waals surface area contributed by atoms with Gasteiger partial charge in [0.05, 0.1) is 6.04 Å². The van der Waals surface area contributed by atoms with Crippen LogP contribution in [0.4, 0.5) is 0 Å². The second-order valence-corrected chi connectivity index (χ2v) is 6.60. The molecule has 0 aliphatic carbocycles. The standard InChI is InChI=1S/C16H26N6O/c1-5-14-18-16(23-20-14)12(4)21-8-6-7-13(9-21)15-19-17-10-22(15)11(2)3/h10-13H,5-9H2,1-4H3/t12-,13+/m1/s1. The fourth-order valence-electron chi connectivity index (χ4n) is 3.25. The summed E-state index contributed by atoms with van der Waals surface area (Å²) in [5, 5.41) is 12.5. The number of hydrogen-bond donors (Lipinski definition) is 0. The molecule has 0 spiro atoms. The van der Waals surface area contributed by atoms with Gasteiger partial charge in [-0.25, -0.2) is 0 Å². The number of rotatable bonds is 5. The van der Waals surface area contributed by atoms with Crippen LogP contribution in [0.2, 0.25) is 0 Å². The topological polar surface area (TPSA) is 72.9 Å². The Balaban J connectivity index is 1.74.